The summed E-state index contributed by atoms with van der Waals surface area (Å²) in [5.41, 5.74) is 0. The molecule has 0 spiro atoms. The number of aliphatic hydroxyl groups excluding tert-OH is 1. The molecule has 0 aromatic rings. The van der Waals surface area contributed by atoms with Gasteiger partial charge in [-0.25, -0.2) is 0 Å². The van der Waals surface area contributed by atoms with Crippen molar-refractivity contribution in [3.8, 4) is 0 Å². The molecule has 0 saturated heterocycles. The fourth-order valence-corrected chi connectivity index (χ4v) is 2.43. The van der Waals surface area contributed by atoms with Crippen LogP contribution in [-0.4, -0.2) is 11.2 Å². The first kappa shape index (κ1) is 7.35. The Hall–Kier alpha value is -0.300. The van der Waals surface area contributed by atoms with Gasteiger partial charge in [-0.15, -0.1) is 0 Å². The fourth-order valence-electron chi connectivity index (χ4n) is 2.43. The predicted molar refractivity (Wildman–Crippen MR) is 45.2 cm³/mol. The maximum absolute atomic E-state index is 9.36. The molecule has 0 aromatic carbocycles. The zero-order valence-electron chi connectivity index (χ0n) is 6.87. The van der Waals surface area contributed by atoms with Crippen LogP contribution in [0, 0.1) is 11.8 Å². The maximum atomic E-state index is 9.36. The van der Waals surface area contributed by atoms with Crippen LogP contribution in [0.3, 0.4) is 0 Å². The van der Waals surface area contributed by atoms with Crippen LogP contribution < -0.4 is 0 Å². The monoisotopic (exact) mass is 152 g/mol. The lowest BCUT2D eigenvalue weighted by molar-refractivity contribution is 0.203. The van der Waals surface area contributed by atoms with Crippen LogP contribution in [0.25, 0.3) is 0 Å². The van der Waals surface area contributed by atoms with Gasteiger partial charge in [0.2, 0.25) is 0 Å². The van der Waals surface area contributed by atoms with Crippen molar-refractivity contribution in [2.24, 2.45) is 11.8 Å². The van der Waals surface area contributed by atoms with Gasteiger partial charge in [0, 0.05) is 0 Å². The Morgan fingerprint density at radius 3 is 2.82 bits per heavy atom. The van der Waals surface area contributed by atoms with Crippen LogP contribution in [0.2, 0.25) is 0 Å². The van der Waals surface area contributed by atoms with E-state index in [-0.39, 0.29) is 6.10 Å². The molecule has 11 heavy (non-hydrogen) atoms. The maximum Gasteiger partial charge on any atom is 0.0721 e. The van der Waals surface area contributed by atoms with Crippen molar-refractivity contribution in [2.45, 2.75) is 38.2 Å². The average Bonchev–Trinajstić information content (AvgIpc) is 2.38. The van der Waals surface area contributed by atoms with E-state index in [0.29, 0.717) is 0 Å². The summed E-state index contributed by atoms with van der Waals surface area (Å²) in [6.45, 7) is 0. The highest BCUT2D eigenvalue weighted by Gasteiger charge is 2.27. The van der Waals surface area contributed by atoms with Crippen molar-refractivity contribution in [1.29, 1.82) is 0 Å². The lowest BCUT2D eigenvalue weighted by atomic mass is 9.93. The molecule has 1 nitrogen and oxygen atoms in total. The van der Waals surface area contributed by atoms with E-state index in [1.165, 1.54) is 25.7 Å². The van der Waals surface area contributed by atoms with E-state index in [0.717, 1.165) is 18.3 Å². The normalized spacial score (nSPS) is 43.5. The average molecular weight is 152 g/mol. The molecule has 3 atom stereocenters. The minimum atomic E-state index is -0.152. The van der Waals surface area contributed by atoms with Crippen LogP contribution in [-0.2, 0) is 0 Å². The summed E-state index contributed by atoms with van der Waals surface area (Å²) in [6, 6.07) is 0. The number of hydrogen-bond acceptors (Lipinski definition) is 1. The molecular weight excluding hydrogens is 136 g/mol. The van der Waals surface area contributed by atoms with E-state index in [1.807, 2.05) is 6.08 Å². The Kier molecular flexibility index (Phi) is 1.99. The van der Waals surface area contributed by atoms with Gasteiger partial charge < -0.3 is 5.11 Å². The summed E-state index contributed by atoms with van der Waals surface area (Å²) in [5, 5.41) is 9.36. The second-order valence-electron chi connectivity index (χ2n) is 3.88. The zero-order valence-corrected chi connectivity index (χ0v) is 6.87. The minimum absolute atomic E-state index is 0.152. The van der Waals surface area contributed by atoms with E-state index < -0.39 is 0 Å². The van der Waals surface area contributed by atoms with Crippen molar-refractivity contribution >= 4 is 0 Å². The molecule has 62 valence electrons. The Bertz CT molecular complexity index is 162. The van der Waals surface area contributed by atoms with Gasteiger partial charge in [0.15, 0.2) is 0 Å². The van der Waals surface area contributed by atoms with Crippen molar-refractivity contribution in [1.82, 2.24) is 0 Å². The van der Waals surface area contributed by atoms with E-state index in [9.17, 15) is 5.11 Å². The third-order valence-corrected chi connectivity index (χ3v) is 3.13. The summed E-state index contributed by atoms with van der Waals surface area (Å²) in [6.07, 6.45) is 10.5. The van der Waals surface area contributed by atoms with Crippen LogP contribution in [0.1, 0.15) is 32.1 Å². The second-order valence-corrected chi connectivity index (χ2v) is 3.88. The van der Waals surface area contributed by atoms with Gasteiger partial charge in [0.25, 0.3) is 0 Å². The molecule has 0 aromatic heterocycles. The van der Waals surface area contributed by atoms with Gasteiger partial charge in [0.05, 0.1) is 6.10 Å². The van der Waals surface area contributed by atoms with E-state index in [4.69, 9.17) is 0 Å². The van der Waals surface area contributed by atoms with Crippen molar-refractivity contribution in [2.75, 3.05) is 0 Å². The van der Waals surface area contributed by atoms with E-state index in [1.54, 1.807) is 0 Å². The Labute approximate surface area is 68.1 Å². The molecule has 0 bridgehead atoms. The SMILES string of the molecule is OC1C=CC2CCCC2CC1. The first-order valence-corrected chi connectivity index (χ1v) is 4.72. The Balaban J connectivity index is 2.06. The second kappa shape index (κ2) is 2.98. The van der Waals surface area contributed by atoms with Gasteiger partial charge in [-0.05, 0) is 37.5 Å². The minimum Gasteiger partial charge on any atom is -0.389 e. The highest BCUT2D eigenvalue weighted by Crippen LogP contribution is 2.37. The zero-order chi connectivity index (χ0) is 7.68. The third kappa shape index (κ3) is 1.48. The molecular formula is C10H16O. The molecule has 0 aliphatic heterocycles. The number of aliphatic hydroxyl groups is 1. The molecule has 1 heteroatoms. The molecule has 0 radical (unpaired) electrons. The highest BCUT2D eigenvalue weighted by atomic mass is 16.3. The number of allylic oxidation sites excluding steroid dienone is 1. The first-order valence-electron chi connectivity index (χ1n) is 4.72. The smallest absolute Gasteiger partial charge is 0.0721 e. The summed E-state index contributed by atoms with van der Waals surface area (Å²) < 4.78 is 0. The van der Waals surface area contributed by atoms with Gasteiger partial charge in [0.1, 0.15) is 0 Å². The number of hydrogen-bond donors (Lipinski definition) is 1. The molecule has 1 N–H and O–H groups in total. The topological polar surface area (TPSA) is 20.2 Å². The van der Waals surface area contributed by atoms with Gasteiger partial charge in [-0.3, -0.25) is 0 Å². The van der Waals surface area contributed by atoms with E-state index >= 15 is 0 Å². The largest absolute Gasteiger partial charge is 0.389 e. The molecule has 2 aliphatic carbocycles. The van der Waals surface area contributed by atoms with Gasteiger partial charge >= 0.3 is 0 Å². The Morgan fingerprint density at radius 2 is 1.91 bits per heavy atom. The van der Waals surface area contributed by atoms with Crippen LogP contribution in [0.4, 0.5) is 0 Å². The van der Waals surface area contributed by atoms with Crippen LogP contribution in [0.5, 0.6) is 0 Å². The van der Waals surface area contributed by atoms with Gasteiger partial charge in [-0.2, -0.15) is 0 Å². The first-order chi connectivity index (χ1) is 5.36. The molecule has 0 heterocycles. The molecule has 2 rings (SSSR count). The summed E-state index contributed by atoms with van der Waals surface area (Å²) in [4.78, 5) is 0. The van der Waals surface area contributed by atoms with Gasteiger partial charge in [-0.1, -0.05) is 18.6 Å². The summed E-state index contributed by atoms with van der Waals surface area (Å²) in [7, 11) is 0. The molecule has 1 saturated carbocycles. The predicted octanol–water partition coefficient (Wildman–Crippen LogP) is 2.11. The standard InChI is InChI=1S/C10H16O/c11-10-6-4-8-2-1-3-9(8)5-7-10/h4,6,8-11H,1-3,5,7H2. The van der Waals surface area contributed by atoms with Crippen LogP contribution >= 0.6 is 0 Å². The number of fused-ring (bicyclic) bond motifs is 1. The highest BCUT2D eigenvalue weighted by molar-refractivity contribution is 5.01. The Morgan fingerprint density at radius 1 is 1.00 bits per heavy atom. The quantitative estimate of drug-likeness (QED) is 0.527. The lowest BCUT2D eigenvalue weighted by Gasteiger charge is -2.12. The third-order valence-electron chi connectivity index (χ3n) is 3.13. The summed E-state index contributed by atoms with van der Waals surface area (Å²) >= 11 is 0. The van der Waals surface area contributed by atoms with E-state index in [2.05, 4.69) is 6.08 Å². The van der Waals surface area contributed by atoms with Crippen molar-refractivity contribution in [3.05, 3.63) is 12.2 Å². The molecule has 3 unspecified atom stereocenters. The molecule has 1 fully saturated rings. The fraction of sp³-hybridized carbons (Fsp3) is 0.800. The molecule has 0 amide bonds. The molecule has 2 aliphatic rings. The summed E-state index contributed by atoms with van der Waals surface area (Å²) in [5.74, 6) is 1.69. The van der Waals surface area contributed by atoms with Crippen molar-refractivity contribution < 1.29 is 5.11 Å². The lowest BCUT2D eigenvalue weighted by Crippen LogP contribution is -2.04. The van der Waals surface area contributed by atoms with Crippen molar-refractivity contribution in [3.63, 3.8) is 0 Å². The van der Waals surface area contributed by atoms with Crippen LogP contribution in [0.15, 0.2) is 12.2 Å². The number of rotatable bonds is 0.